The number of fused-ring (bicyclic) bond motifs is 1. The van der Waals surface area contributed by atoms with Crippen molar-refractivity contribution in [1.29, 1.82) is 0 Å². The average Bonchev–Trinajstić information content (AvgIpc) is 3.38. The molecule has 0 aliphatic carbocycles. The lowest BCUT2D eigenvalue weighted by Gasteiger charge is -2.23. The normalized spacial score (nSPS) is 17.4. The fourth-order valence-corrected chi connectivity index (χ4v) is 3.83. The molecule has 30 heavy (non-hydrogen) atoms. The highest BCUT2D eigenvalue weighted by Gasteiger charge is 2.37. The van der Waals surface area contributed by atoms with Crippen molar-refractivity contribution in [2.24, 2.45) is 0 Å². The molecule has 1 unspecified atom stereocenters. The van der Waals surface area contributed by atoms with Crippen molar-refractivity contribution in [3.8, 4) is 0 Å². The van der Waals surface area contributed by atoms with Crippen molar-refractivity contribution in [3.05, 3.63) is 47.2 Å². The second kappa shape index (κ2) is 7.41. The molecule has 0 radical (unpaired) electrons. The summed E-state index contributed by atoms with van der Waals surface area (Å²) < 4.78 is 43.3. The zero-order valence-corrected chi connectivity index (χ0v) is 17.0. The summed E-state index contributed by atoms with van der Waals surface area (Å²) in [6, 6.07) is 2.24. The van der Waals surface area contributed by atoms with Gasteiger partial charge in [0.25, 0.3) is 0 Å². The van der Waals surface area contributed by atoms with E-state index in [2.05, 4.69) is 15.2 Å². The monoisotopic (exact) mass is 420 g/mol. The van der Waals surface area contributed by atoms with Crippen LogP contribution in [0, 0.1) is 6.92 Å². The standard InChI is InChI=1S/C20H23F3N6O/c1-12(2)14-7-17(20(21,22)23)29-18(25-14)8-15(26-29)16-5-4-6-28(16)19(30)11-27-10-13(3)9-24-27/h7-10,12,16H,4-6,11H2,1-3H3. The maximum atomic E-state index is 13.6. The third-order valence-electron chi connectivity index (χ3n) is 5.32. The van der Waals surface area contributed by atoms with E-state index in [-0.39, 0.29) is 30.1 Å². The van der Waals surface area contributed by atoms with E-state index in [1.165, 1.54) is 0 Å². The van der Waals surface area contributed by atoms with Gasteiger partial charge in [-0.3, -0.25) is 9.48 Å². The number of carbonyl (C=O) groups excluding carboxylic acids is 1. The van der Waals surface area contributed by atoms with Gasteiger partial charge >= 0.3 is 6.18 Å². The minimum Gasteiger partial charge on any atom is -0.332 e. The molecule has 3 aromatic heterocycles. The van der Waals surface area contributed by atoms with Crippen LogP contribution in [0.1, 0.15) is 61.3 Å². The number of carbonyl (C=O) groups is 1. The largest absolute Gasteiger partial charge is 0.433 e. The number of aryl methyl sites for hydroxylation is 1. The fraction of sp³-hybridized carbons (Fsp3) is 0.500. The maximum absolute atomic E-state index is 13.6. The van der Waals surface area contributed by atoms with Crippen LogP contribution < -0.4 is 0 Å². The predicted molar refractivity (Wildman–Crippen MR) is 103 cm³/mol. The lowest BCUT2D eigenvalue weighted by Crippen LogP contribution is -2.33. The van der Waals surface area contributed by atoms with E-state index in [0.29, 0.717) is 24.4 Å². The minimum absolute atomic E-state index is 0.0846. The topological polar surface area (TPSA) is 68.3 Å². The number of hydrogen-bond acceptors (Lipinski definition) is 4. The molecule has 1 aliphatic rings. The van der Waals surface area contributed by atoms with Gasteiger partial charge in [0.2, 0.25) is 5.91 Å². The summed E-state index contributed by atoms with van der Waals surface area (Å²) in [5.41, 5.74) is 1.02. The molecule has 0 bridgehead atoms. The first-order valence-electron chi connectivity index (χ1n) is 9.90. The Morgan fingerprint density at radius 1 is 1.30 bits per heavy atom. The molecule has 4 rings (SSSR count). The number of nitrogens with zero attached hydrogens (tertiary/aromatic N) is 6. The Labute approximate surface area is 171 Å². The van der Waals surface area contributed by atoms with E-state index in [9.17, 15) is 18.0 Å². The Morgan fingerprint density at radius 3 is 2.70 bits per heavy atom. The maximum Gasteiger partial charge on any atom is 0.433 e. The molecule has 7 nitrogen and oxygen atoms in total. The van der Waals surface area contributed by atoms with Crippen molar-refractivity contribution in [2.45, 2.75) is 58.3 Å². The van der Waals surface area contributed by atoms with Crippen LogP contribution in [0.3, 0.4) is 0 Å². The zero-order chi connectivity index (χ0) is 21.6. The summed E-state index contributed by atoms with van der Waals surface area (Å²) in [5.74, 6) is -0.291. The molecule has 1 saturated heterocycles. The van der Waals surface area contributed by atoms with Gasteiger partial charge in [0.1, 0.15) is 12.2 Å². The van der Waals surface area contributed by atoms with Crippen LogP contribution >= 0.6 is 0 Å². The van der Waals surface area contributed by atoms with Gasteiger partial charge in [-0.15, -0.1) is 0 Å². The Bertz CT molecular complexity index is 1080. The highest BCUT2D eigenvalue weighted by molar-refractivity contribution is 5.76. The summed E-state index contributed by atoms with van der Waals surface area (Å²) in [5, 5.41) is 8.36. The zero-order valence-electron chi connectivity index (χ0n) is 17.0. The van der Waals surface area contributed by atoms with Crippen molar-refractivity contribution < 1.29 is 18.0 Å². The summed E-state index contributed by atoms with van der Waals surface area (Å²) >= 11 is 0. The Morgan fingerprint density at radius 2 is 2.07 bits per heavy atom. The Hall–Kier alpha value is -2.91. The van der Waals surface area contributed by atoms with Crippen molar-refractivity contribution >= 4 is 11.6 Å². The first-order chi connectivity index (χ1) is 14.1. The number of aromatic nitrogens is 5. The van der Waals surface area contributed by atoms with Crippen LogP contribution in [0.4, 0.5) is 13.2 Å². The molecule has 10 heteroatoms. The number of alkyl halides is 3. The van der Waals surface area contributed by atoms with E-state index < -0.39 is 11.9 Å². The Balaban J connectivity index is 1.68. The first-order valence-corrected chi connectivity index (χ1v) is 9.90. The molecule has 3 aromatic rings. The molecule has 160 valence electrons. The molecule has 0 N–H and O–H groups in total. The van der Waals surface area contributed by atoms with Gasteiger partial charge in [0.15, 0.2) is 5.65 Å². The summed E-state index contributed by atoms with van der Waals surface area (Å²) in [6.45, 7) is 6.10. The summed E-state index contributed by atoms with van der Waals surface area (Å²) in [6.07, 6.45) is 0.303. The molecule has 1 fully saturated rings. The smallest absolute Gasteiger partial charge is 0.332 e. The van der Waals surface area contributed by atoms with Gasteiger partial charge in [0, 0.05) is 24.5 Å². The Kier molecular flexibility index (Phi) is 5.03. The quantitative estimate of drug-likeness (QED) is 0.645. The lowest BCUT2D eigenvalue weighted by atomic mass is 10.1. The molecular formula is C20H23F3N6O. The van der Waals surface area contributed by atoms with E-state index >= 15 is 0 Å². The molecule has 1 atom stereocenters. The lowest BCUT2D eigenvalue weighted by molar-refractivity contribution is -0.143. The third kappa shape index (κ3) is 3.78. The van der Waals surface area contributed by atoms with Crippen LogP contribution in [0.15, 0.2) is 24.5 Å². The fourth-order valence-electron chi connectivity index (χ4n) is 3.83. The highest BCUT2D eigenvalue weighted by atomic mass is 19.4. The SMILES string of the molecule is Cc1cnn(CC(=O)N2CCCC2c2cc3nc(C(C)C)cc(C(F)(F)F)n3n2)c1. The van der Waals surface area contributed by atoms with Gasteiger partial charge in [-0.2, -0.15) is 23.4 Å². The van der Waals surface area contributed by atoms with E-state index in [4.69, 9.17) is 0 Å². The molecule has 1 aliphatic heterocycles. The molecule has 0 spiro atoms. The highest BCUT2D eigenvalue weighted by Crippen LogP contribution is 2.35. The van der Waals surface area contributed by atoms with Crippen LogP contribution in [-0.4, -0.2) is 41.7 Å². The number of rotatable bonds is 4. The van der Waals surface area contributed by atoms with E-state index in [0.717, 1.165) is 22.6 Å². The van der Waals surface area contributed by atoms with Crippen LogP contribution in [-0.2, 0) is 17.5 Å². The number of likely N-dealkylation sites (tertiary alicyclic amines) is 1. The molecule has 0 aromatic carbocycles. The minimum atomic E-state index is -4.56. The summed E-state index contributed by atoms with van der Waals surface area (Å²) in [7, 11) is 0. The van der Waals surface area contributed by atoms with Crippen LogP contribution in [0.25, 0.3) is 5.65 Å². The second-order valence-electron chi connectivity index (χ2n) is 8.02. The molecule has 4 heterocycles. The molecule has 0 saturated carbocycles. The van der Waals surface area contributed by atoms with Gasteiger partial charge in [-0.1, -0.05) is 13.8 Å². The first kappa shape index (κ1) is 20.4. The van der Waals surface area contributed by atoms with Crippen LogP contribution in [0.5, 0.6) is 0 Å². The third-order valence-corrected chi connectivity index (χ3v) is 5.32. The average molecular weight is 420 g/mol. The van der Waals surface area contributed by atoms with Crippen LogP contribution in [0.2, 0.25) is 0 Å². The van der Waals surface area contributed by atoms with Crippen molar-refractivity contribution in [2.75, 3.05) is 6.54 Å². The van der Waals surface area contributed by atoms with E-state index in [1.54, 1.807) is 41.9 Å². The van der Waals surface area contributed by atoms with Crippen molar-refractivity contribution in [1.82, 2.24) is 29.3 Å². The number of hydrogen-bond donors (Lipinski definition) is 0. The van der Waals surface area contributed by atoms with Gasteiger partial charge in [-0.05, 0) is 37.3 Å². The predicted octanol–water partition coefficient (Wildman–Crippen LogP) is 3.74. The second-order valence-corrected chi connectivity index (χ2v) is 8.02. The number of halogens is 3. The van der Waals surface area contributed by atoms with Gasteiger partial charge in [0.05, 0.1) is 17.9 Å². The van der Waals surface area contributed by atoms with Gasteiger partial charge < -0.3 is 4.90 Å². The van der Waals surface area contributed by atoms with Gasteiger partial charge in [-0.25, -0.2) is 9.50 Å². The summed E-state index contributed by atoms with van der Waals surface area (Å²) in [4.78, 5) is 18.9. The van der Waals surface area contributed by atoms with Crippen molar-refractivity contribution in [3.63, 3.8) is 0 Å². The molecule has 1 amide bonds. The van der Waals surface area contributed by atoms with E-state index in [1.807, 2.05) is 6.92 Å². The number of amides is 1. The molecular weight excluding hydrogens is 397 g/mol.